The number of halogens is 2. The summed E-state index contributed by atoms with van der Waals surface area (Å²) in [4.78, 5) is 26.0. The van der Waals surface area contributed by atoms with Crippen molar-refractivity contribution in [2.24, 2.45) is 5.92 Å². The van der Waals surface area contributed by atoms with Gasteiger partial charge >= 0.3 is 0 Å². The Bertz CT molecular complexity index is 953. The molecule has 1 N–H and O–H groups in total. The summed E-state index contributed by atoms with van der Waals surface area (Å²) in [6.45, 7) is 4.63. The van der Waals surface area contributed by atoms with Crippen molar-refractivity contribution in [3.8, 4) is 5.75 Å². The standard InChI is InChI=1S/C21H20F2N2O3/c1-12(2)11-28-15-7-4-13(5-8-15)18-19(21(27)25(3)20(18)26)24-14-6-9-16(22)17(23)10-14/h4-10,12,24H,11H2,1-3H3. The van der Waals surface area contributed by atoms with Crippen molar-refractivity contribution in [2.45, 2.75) is 13.8 Å². The summed E-state index contributed by atoms with van der Waals surface area (Å²) in [5.41, 5.74) is 0.853. The van der Waals surface area contributed by atoms with E-state index in [0.717, 1.165) is 17.0 Å². The van der Waals surface area contributed by atoms with Crippen molar-refractivity contribution in [2.75, 3.05) is 19.0 Å². The Labute approximate surface area is 161 Å². The van der Waals surface area contributed by atoms with E-state index >= 15 is 0 Å². The average molecular weight is 386 g/mol. The largest absolute Gasteiger partial charge is 0.493 e. The second-order valence-corrected chi connectivity index (χ2v) is 6.90. The Morgan fingerprint density at radius 1 is 1.00 bits per heavy atom. The van der Waals surface area contributed by atoms with Gasteiger partial charge in [-0.3, -0.25) is 14.5 Å². The Balaban J connectivity index is 1.94. The van der Waals surface area contributed by atoms with E-state index in [1.54, 1.807) is 24.3 Å². The van der Waals surface area contributed by atoms with Crippen LogP contribution in [0.1, 0.15) is 19.4 Å². The minimum Gasteiger partial charge on any atom is -0.493 e. The number of imide groups is 1. The Kier molecular flexibility index (Phi) is 5.44. The van der Waals surface area contributed by atoms with Crippen LogP contribution in [-0.4, -0.2) is 30.4 Å². The van der Waals surface area contributed by atoms with E-state index in [2.05, 4.69) is 5.32 Å². The molecule has 0 aromatic heterocycles. The number of rotatable bonds is 6. The second-order valence-electron chi connectivity index (χ2n) is 6.90. The lowest BCUT2D eigenvalue weighted by Crippen LogP contribution is -2.27. The van der Waals surface area contributed by atoms with Gasteiger partial charge in [-0.1, -0.05) is 26.0 Å². The normalized spacial score (nSPS) is 14.3. The van der Waals surface area contributed by atoms with Crippen molar-refractivity contribution in [1.29, 1.82) is 0 Å². The predicted molar refractivity (Wildman–Crippen MR) is 101 cm³/mol. The van der Waals surface area contributed by atoms with Gasteiger partial charge in [0, 0.05) is 18.8 Å². The minimum atomic E-state index is -1.05. The average Bonchev–Trinajstić information content (AvgIpc) is 2.87. The van der Waals surface area contributed by atoms with Crippen LogP contribution < -0.4 is 10.1 Å². The third-order valence-corrected chi connectivity index (χ3v) is 4.20. The fourth-order valence-electron chi connectivity index (χ4n) is 2.72. The van der Waals surface area contributed by atoms with E-state index in [-0.39, 0.29) is 17.0 Å². The molecule has 2 aromatic rings. The molecule has 0 spiro atoms. The third-order valence-electron chi connectivity index (χ3n) is 4.20. The fraction of sp³-hybridized carbons (Fsp3) is 0.238. The zero-order chi connectivity index (χ0) is 20.4. The molecular weight excluding hydrogens is 366 g/mol. The number of amides is 2. The first-order valence-electron chi connectivity index (χ1n) is 8.80. The molecule has 0 unspecified atom stereocenters. The molecule has 0 bridgehead atoms. The molecule has 28 heavy (non-hydrogen) atoms. The number of nitrogens with zero attached hydrogens (tertiary/aromatic N) is 1. The van der Waals surface area contributed by atoms with Crippen molar-refractivity contribution in [3.63, 3.8) is 0 Å². The second kappa shape index (κ2) is 7.80. The molecular formula is C21H20F2N2O3. The minimum absolute atomic E-state index is 0.00866. The number of likely N-dealkylation sites (N-methyl/N-ethyl adjacent to an activating group) is 1. The van der Waals surface area contributed by atoms with Crippen LogP contribution in [0.2, 0.25) is 0 Å². The SMILES string of the molecule is CC(C)COc1ccc(C2=C(Nc3ccc(F)c(F)c3)C(=O)N(C)C2=O)cc1. The lowest BCUT2D eigenvalue weighted by molar-refractivity contribution is -0.135. The number of hydrogen-bond acceptors (Lipinski definition) is 4. The zero-order valence-electron chi connectivity index (χ0n) is 15.8. The number of carbonyl (C=O) groups is 2. The van der Waals surface area contributed by atoms with Gasteiger partial charge in [-0.15, -0.1) is 0 Å². The monoisotopic (exact) mass is 386 g/mol. The van der Waals surface area contributed by atoms with Crippen molar-refractivity contribution < 1.29 is 23.1 Å². The van der Waals surface area contributed by atoms with E-state index in [4.69, 9.17) is 4.74 Å². The number of hydrogen-bond donors (Lipinski definition) is 1. The highest BCUT2D eigenvalue weighted by Crippen LogP contribution is 2.31. The molecule has 5 nitrogen and oxygen atoms in total. The Morgan fingerprint density at radius 3 is 2.29 bits per heavy atom. The summed E-state index contributed by atoms with van der Waals surface area (Å²) in [6, 6.07) is 9.97. The molecule has 0 atom stereocenters. The van der Waals surface area contributed by atoms with Crippen LogP contribution in [0, 0.1) is 17.6 Å². The van der Waals surface area contributed by atoms with Crippen molar-refractivity contribution in [3.05, 3.63) is 65.4 Å². The van der Waals surface area contributed by atoms with E-state index in [1.807, 2.05) is 13.8 Å². The van der Waals surface area contributed by atoms with E-state index < -0.39 is 23.4 Å². The third kappa shape index (κ3) is 3.88. The first kappa shape index (κ1) is 19.5. The Hall–Kier alpha value is -3.22. The van der Waals surface area contributed by atoms with E-state index in [0.29, 0.717) is 23.8 Å². The molecule has 146 valence electrons. The van der Waals surface area contributed by atoms with E-state index in [1.165, 1.54) is 13.1 Å². The topological polar surface area (TPSA) is 58.6 Å². The smallest absolute Gasteiger partial charge is 0.277 e. The van der Waals surface area contributed by atoms with Crippen molar-refractivity contribution in [1.82, 2.24) is 4.90 Å². The van der Waals surface area contributed by atoms with Gasteiger partial charge in [0.2, 0.25) is 0 Å². The number of carbonyl (C=O) groups excluding carboxylic acids is 2. The molecule has 2 aromatic carbocycles. The summed E-state index contributed by atoms with van der Waals surface area (Å²) >= 11 is 0. The van der Waals surface area contributed by atoms with Crippen LogP contribution in [-0.2, 0) is 9.59 Å². The molecule has 2 amide bonds. The molecule has 0 radical (unpaired) electrons. The highest BCUT2D eigenvalue weighted by molar-refractivity contribution is 6.36. The zero-order valence-corrected chi connectivity index (χ0v) is 15.8. The summed E-state index contributed by atoms with van der Waals surface area (Å²) in [5.74, 6) is -2.06. The lowest BCUT2D eigenvalue weighted by atomic mass is 10.0. The van der Waals surface area contributed by atoms with Crippen LogP contribution in [0.4, 0.5) is 14.5 Å². The molecule has 7 heteroatoms. The first-order valence-corrected chi connectivity index (χ1v) is 8.80. The van der Waals surface area contributed by atoms with Gasteiger partial charge in [0.1, 0.15) is 11.4 Å². The summed E-state index contributed by atoms with van der Waals surface area (Å²) < 4.78 is 32.3. The van der Waals surface area contributed by atoms with Crippen LogP contribution in [0.3, 0.4) is 0 Å². The molecule has 3 rings (SSSR count). The highest BCUT2D eigenvalue weighted by atomic mass is 19.2. The van der Waals surface area contributed by atoms with Gasteiger partial charge in [-0.25, -0.2) is 8.78 Å². The predicted octanol–water partition coefficient (Wildman–Crippen LogP) is 3.82. The van der Waals surface area contributed by atoms with Crippen molar-refractivity contribution >= 4 is 23.1 Å². The first-order chi connectivity index (χ1) is 13.3. The molecule has 0 saturated heterocycles. The van der Waals surface area contributed by atoms with Gasteiger partial charge in [0.15, 0.2) is 11.6 Å². The maximum atomic E-state index is 13.5. The summed E-state index contributed by atoms with van der Waals surface area (Å²) in [7, 11) is 1.37. The molecule has 0 saturated carbocycles. The molecule has 1 aliphatic rings. The maximum absolute atomic E-state index is 13.5. The van der Waals surface area contributed by atoms with Gasteiger partial charge in [-0.05, 0) is 35.7 Å². The van der Waals surface area contributed by atoms with Crippen LogP contribution in [0.5, 0.6) is 5.75 Å². The lowest BCUT2D eigenvalue weighted by Gasteiger charge is -2.10. The molecule has 0 aliphatic carbocycles. The maximum Gasteiger partial charge on any atom is 0.277 e. The van der Waals surface area contributed by atoms with Gasteiger partial charge in [0.25, 0.3) is 11.8 Å². The summed E-state index contributed by atoms with van der Waals surface area (Å²) in [6.07, 6.45) is 0. The molecule has 1 aliphatic heterocycles. The van der Waals surface area contributed by atoms with Crippen LogP contribution >= 0.6 is 0 Å². The number of anilines is 1. The number of benzene rings is 2. The summed E-state index contributed by atoms with van der Waals surface area (Å²) in [5, 5.41) is 2.75. The van der Waals surface area contributed by atoms with Crippen LogP contribution in [0.15, 0.2) is 48.2 Å². The van der Waals surface area contributed by atoms with Gasteiger partial charge in [0.05, 0.1) is 12.2 Å². The highest BCUT2D eigenvalue weighted by Gasteiger charge is 2.36. The van der Waals surface area contributed by atoms with Gasteiger partial charge in [-0.2, -0.15) is 0 Å². The fourth-order valence-corrected chi connectivity index (χ4v) is 2.72. The Morgan fingerprint density at radius 2 is 1.68 bits per heavy atom. The quantitative estimate of drug-likeness (QED) is 0.767. The van der Waals surface area contributed by atoms with E-state index in [9.17, 15) is 18.4 Å². The number of ether oxygens (including phenoxy) is 1. The van der Waals surface area contributed by atoms with Crippen LogP contribution in [0.25, 0.3) is 5.57 Å². The molecule has 1 heterocycles. The molecule has 0 fully saturated rings. The number of nitrogens with one attached hydrogen (secondary N) is 1. The van der Waals surface area contributed by atoms with Gasteiger partial charge < -0.3 is 10.1 Å².